The van der Waals surface area contributed by atoms with E-state index in [-0.39, 0.29) is 36.6 Å². The van der Waals surface area contributed by atoms with Crippen LogP contribution in [0, 0.1) is 11.8 Å². The normalized spacial score (nSPS) is 42.7. The summed E-state index contributed by atoms with van der Waals surface area (Å²) in [5.41, 5.74) is 0.960. The monoisotopic (exact) mass is 268 g/mol. The number of carbonyl (C=O) groups excluding carboxylic acids is 1. The number of ether oxygens (including phenoxy) is 3. The molecule has 5 nitrogen and oxygen atoms in total. The van der Waals surface area contributed by atoms with Gasteiger partial charge in [0.05, 0.1) is 18.3 Å². The zero-order valence-electron chi connectivity index (χ0n) is 11.5. The van der Waals surface area contributed by atoms with E-state index >= 15 is 0 Å². The van der Waals surface area contributed by atoms with Crippen LogP contribution in [0.5, 0.6) is 0 Å². The predicted molar refractivity (Wildman–Crippen MR) is 66.1 cm³/mol. The van der Waals surface area contributed by atoms with E-state index in [2.05, 4.69) is 0 Å². The summed E-state index contributed by atoms with van der Waals surface area (Å²) in [5, 5.41) is 10.1. The Bertz CT molecular complexity index is 428. The highest BCUT2D eigenvalue weighted by atomic mass is 16.8. The first kappa shape index (κ1) is 13.1. The number of rotatable bonds is 2. The van der Waals surface area contributed by atoms with Crippen molar-refractivity contribution in [3.63, 3.8) is 0 Å². The minimum Gasteiger partial charge on any atom is -0.461 e. The van der Waals surface area contributed by atoms with Gasteiger partial charge >= 0.3 is 5.97 Å². The molecule has 1 saturated carbocycles. The third-order valence-corrected chi connectivity index (χ3v) is 4.23. The molecule has 5 heteroatoms. The minimum atomic E-state index is -0.569. The van der Waals surface area contributed by atoms with E-state index in [1.165, 1.54) is 6.92 Å². The molecule has 0 bridgehead atoms. The molecule has 0 spiro atoms. The summed E-state index contributed by atoms with van der Waals surface area (Å²) in [6.07, 6.45) is 2.10. The zero-order valence-corrected chi connectivity index (χ0v) is 11.5. The average Bonchev–Trinajstić information content (AvgIpc) is 2.85. The Labute approximate surface area is 112 Å². The number of hydrogen-bond acceptors (Lipinski definition) is 5. The summed E-state index contributed by atoms with van der Waals surface area (Å²) in [7, 11) is 0. The topological polar surface area (TPSA) is 65.0 Å². The summed E-state index contributed by atoms with van der Waals surface area (Å²) in [5.74, 6) is -0.657. The van der Waals surface area contributed by atoms with E-state index in [0.717, 1.165) is 12.0 Å². The molecule has 2 aliphatic carbocycles. The second-order valence-corrected chi connectivity index (χ2v) is 6.08. The van der Waals surface area contributed by atoms with Gasteiger partial charge in [-0.3, -0.25) is 4.79 Å². The van der Waals surface area contributed by atoms with Gasteiger partial charge in [0.25, 0.3) is 0 Å². The van der Waals surface area contributed by atoms with Gasteiger partial charge in [-0.25, -0.2) is 0 Å². The Morgan fingerprint density at radius 1 is 1.53 bits per heavy atom. The molecule has 1 N–H and O–H groups in total. The first-order valence-electron chi connectivity index (χ1n) is 6.75. The summed E-state index contributed by atoms with van der Waals surface area (Å²) < 4.78 is 16.9. The highest BCUT2D eigenvalue weighted by Gasteiger charge is 2.57. The molecule has 5 atom stereocenters. The van der Waals surface area contributed by atoms with Crippen LogP contribution in [0.15, 0.2) is 11.6 Å². The SMILES string of the molecule is CC(=O)OCC1=C[C@H](O)[C@@H]2C[C@H]3OC(C)(C)O[C@H]3[C@H]12. The van der Waals surface area contributed by atoms with E-state index < -0.39 is 11.9 Å². The van der Waals surface area contributed by atoms with Gasteiger partial charge in [-0.15, -0.1) is 0 Å². The maximum Gasteiger partial charge on any atom is 0.302 e. The molecule has 3 aliphatic rings. The predicted octanol–water partition coefficient (Wildman–Crippen LogP) is 1.01. The molecule has 0 radical (unpaired) electrons. The highest BCUT2D eigenvalue weighted by Crippen LogP contribution is 2.51. The van der Waals surface area contributed by atoms with Crippen molar-refractivity contribution in [3.8, 4) is 0 Å². The van der Waals surface area contributed by atoms with E-state index in [0.29, 0.717) is 0 Å². The number of aliphatic hydroxyl groups excluding tert-OH is 1. The van der Waals surface area contributed by atoms with Crippen molar-refractivity contribution in [3.05, 3.63) is 11.6 Å². The molecule has 0 amide bonds. The second-order valence-electron chi connectivity index (χ2n) is 6.08. The zero-order chi connectivity index (χ0) is 13.8. The third-order valence-electron chi connectivity index (χ3n) is 4.23. The highest BCUT2D eigenvalue weighted by molar-refractivity contribution is 5.66. The van der Waals surface area contributed by atoms with Crippen LogP contribution in [0.4, 0.5) is 0 Å². The van der Waals surface area contributed by atoms with Gasteiger partial charge in [0.15, 0.2) is 5.79 Å². The standard InChI is InChI=1S/C14H20O5/c1-7(15)17-6-8-4-10(16)9-5-11-13(12(8)9)19-14(2,3)18-11/h4,9-13,16H,5-6H2,1-3H3/t9-,10-,11+,12+,13+/m0/s1. The molecule has 2 fully saturated rings. The Morgan fingerprint density at radius 3 is 2.95 bits per heavy atom. The summed E-state index contributed by atoms with van der Waals surface area (Å²) in [6, 6.07) is 0. The molecule has 0 aromatic rings. The van der Waals surface area contributed by atoms with E-state index in [9.17, 15) is 9.90 Å². The van der Waals surface area contributed by atoms with Gasteiger partial charge in [-0.2, -0.15) is 0 Å². The van der Waals surface area contributed by atoms with Gasteiger partial charge in [0.1, 0.15) is 6.61 Å². The second kappa shape index (κ2) is 4.30. The largest absolute Gasteiger partial charge is 0.461 e. The van der Waals surface area contributed by atoms with Crippen molar-refractivity contribution < 1.29 is 24.1 Å². The lowest BCUT2D eigenvalue weighted by Gasteiger charge is -2.25. The Hall–Kier alpha value is -0.910. The number of carbonyl (C=O) groups is 1. The van der Waals surface area contributed by atoms with Gasteiger partial charge in [0, 0.05) is 18.8 Å². The van der Waals surface area contributed by atoms with Gasteiger partial charge in [-0.1, -0.05) is 6.08 Å². The van der Waals surface area contributed by atoms with Crippen LogP contribution in [-0.4, -0.2) is 41.8 Å². The van der Waals surface area contributed by atoms with Crippen molar-refractivity contribution in [1.29, 1.82) is 0 Å². The molecular weight excluding hydrogens is 248 g/mol. The summed E-state index contributed by atoms with van der Waals surface area (Å²) in [4.78, 5) is 10.9. The van der Waals surface area contributed by atoms with Crippen LogP contribution in [0.1, 0.15) is 27.2 Å². The molecular formula is C14H20O5. The quantitative estimate of drug-likeness (QED) is 0.598. The molecule has 1 aliphatic heterocycles. The van der Waals surface area contributed by atoms with Gasteiger partial charge in [0.2, 0.25) is 0 Å². The first-order chi connectivity index (χ1) is 8.87. The van der Waals surface area contributed by atoms with E-state index in [1.807, 2.05) is 19.9 Å². The molecule has 1 heterocycles. The van der Waals surface area contributed by atoms with Crippen molar-refractivity contribution in [2.24, 2.45) is 11.8 Å². The molecule has 0 unspecified atom stereocenters. The lowest BCUT2D eigenvalue weighted by Crippen LogP contribution is -2.30. The van der Waals surface area contributed by atoms with Gasteiger partial charge in [-0.05, 0) is 25.8 Å². The number of aliphatic hydroxyl groups is 1. The van der Waals surface area contributed by atoms with Crippen molar-refractivity contribution in [2.45, 2.75) is 51.3 Å². The number of esters is 1. The maximum atomic E-state index is 10.9. The van der Waals surface area contributed by atoms with Crippen LogP contribution < -0.4 is 0 Å². The lowest BCUT2D eigenvalue weighted by atomic mass is 9.92. The molecule has 0 aromatic carbocycles. The Kier molecular flexibility index (Phi) is 2.96. The average molecular weight is 268 g/mol. The molecule has 1 saturated heterocycles. The lowest BCUT2D eigenvalue weighted by molar-refractivity contribution is -0.160. The Balaban J connectivity index is 1.77. The molecule has 19 heavy (non-hydrogen) atoms. The minimum absolute atomic E-state index is 0.0284. The molecule has 106 valence electrons. The smallest absolute Gasteiger partial charge is 0.302 e. The molecule has 3 rings (SSSR count). The van der Waals surface area contributed by atoms with Gasteiger partial charge < -0.3 is 19.3 Å². The fourth-order valence-electron chi connectivity index (χ4n) is 3.63. The maximum absolute atomic E-state index is 10.9. The first-order valence-corrected chi connectivity index (χ1v) is 6.75. The van der Waals surface area contributed by atoms with Crippen molar-refractivity contribution in [1.82, 2.24) is 0 Å². The number of hydrogen-bond donors (Lipinski definition) is 1. The Morgan fingerprint density at radius 2 is 2.26 bits per heavy atom. The van der Waals surface area contributed by atoms with E-state index in [1.54, 1.807) is 0 Å². The van der Waals surface area contributed by atoms with E-state index in [4.69, 9.17) is 14.2 Å². The van der Waals surface area contributed by atoms with Crippen LogP contribution in [-0.2, 0) is 19.0 Å². The summed E-state index contributed by atoms with van der Waals surface area (Å²) >= 11 is 0. The van der Waals surface area contributed by atoms with Crippen LogP contribution in [0.2, 0.25) is 0 Å². The van der Waals surface area contributed by atoms with Crippen LogP contribution in [0.3, 0.4) is 0 Å². The summed E-state index contributed by atoms with van der Waals surface area (Å²) in [6.45, 7) is 5.43. The third kappa shape index (κ3) is 2.20. The fraction of sp³-hybridized carbons (Fsp3) is 0.786. The number of fused-ring (bicyclic) bond motifs is 3. The van der Waals surface area contributed by atoms with Crippen molar-refractivity contribution >= 4 is 5.97 Å². The van der Waals surface area contributed by atoms with Crippen molar-refractivity contribution in [2.75, 3.05) is 6.61 Å². The molecule has 0 aromatic heterocycles. The van der Waals surface area contributed by atoms with Crippen LogP contribution >= 0.6 is 0 Å². The fourth-order valence-corrected chi connectivity index (χ4v) is 3.63. The van der Waals surface area contributed by atoms with Crippen LogP contribution in [0.25, 0.3) is 0 Å².